The molecular weight excluding hydrogens is 370 g/mol. The van der Waals surface area contributed by atoms with Crippen LogP contribution in [-0.2, 0) is 18.5 Å². The molecular formula is C21H29N5OS. The monoisotopic (exact) mass is 399 g/mol. The van der Waals surface area contributed by atoms with Gasteiger partial charge >= 0.3 is 0 Å². The molecule has 1 aliphatic rings. The van der Waals surface area contributed by atoms with Gasteiger partial charge in [0.25, 0.3) is 0 Å². The molecule has 0 aromatic carbocycles. The van der Waals surface area contributed by atoms with Gasteiger partial charge in [-0.15, -0.1) is 11.3 Å². The van der Waals surface area contributed by atoms with Crippen LogP contribution in [0.3, 0.4) is 0 Å². The molecule has 4 rings (SSSR count). The smallest absolute Gasteiger partial charge is 0.213 e. The highest BCUT2D eigenvalue weighted by Crippen LogP contribution is 2.34. The maximum absolute atomic E-state index is 5.93. The van der Waals surface area contributed by atoms with Crippen LogP contribution in [0.2, 0.25) is 0 Å². The Bertz CT molecular complexity index is 979. The van der Waals surface area contributed by atoms with Crippen molar-refractivity contribution in [3.05, 3.63) is 34.1 Å². The number of nitrogens with zero attached hydrogens (tertiary/aromatic N) is 4. The Morgan fingerprint density at radius 2 is 1.93 bits per heavy atom. The molecule has 28 heavy (non-hydrogen) atoms. The minimum atomic E-state index is -0.0443. The van der Waals surface area contributed by atoms with E-state index in [0.29, 0.717) is 12.4 Å². The molecule has 7 heteroatoms. The Morgan fingerprint density at radius 1 is 1.18 bits per heavy atom. The van der Waals surface area contributed by atoms with Crippen molar-refractivity contribution in [2.75, 3.05) is 18.4 Å². The lowest BCUT2D eigenvalue weighted by molar-refractivity contribution is 0.323. The van der Waals surface area contributed by atoms with Crippen LogP contribution in [0, 0.1) is 13.8 Å². The van der Waals surface area contributed by atoms with Crippen LogP contribution >= 0.6 is 11.3 Å². The van der Waals surface area contributed by atoms with Gasteiger partial charge in [0.15, 0.2) is 0 Å². The normalized spacial score (nSPS) is 15.6. The first-order valence-electron chi connectivity index (χ1n) is 9.99. The lowest BCUT2D eigenvalue weighted by Gasteiger charge is -2.15. The first kappa shape index (κ1) is 19.3. The van der Waals surface area contributed by atoms with Crippen LogP contribution in [0.15, 0.2) is 10.6 Å². The van der Waals surface area contributed by atoms with E-state index in [1.54, 1.807) is 11.3 Å². The standard InChI is InChI=1S/C21H29N5OS/c1-13-14(2)28-20-18(13)19(24-16(25-20)12-26-8-6-7-9-26)23-11-17-22-10-15(27-17)21(3,4)5/h10H,6-9,11-12H2,1-5H3,(H,23,24,25). The van der Waals surface area contributed by atoms with Gasteiger partial charge in [-0.25, -0.2) is 15.0 Å². The Labute approximate surface area is 170 Å². The molecule has 3 aromatic heterocycles. The third-order valence-electron chi connectivity index (χ3n) is 5.34. The molecule has 0 aliphatic carbocycles. The maximum atomic E-state index is 5.93. The van der Waals surface area contributed by atoms with Gasteiger partial charge < -0.3 is 9.73 Å². The quantitative estimate of drug-likeness (QED) is 0.665. The number of aryl methyl sites for hydroxylation is 2. The van der Waals surface area contributed by atoms with Crippen LogP contribution in [0.4, 0.5) is 5.82 Å². The van der Waals surface area contributed by atoms with Crippen LogP contribution in [0.1, 0.15) is 61.5 Å². The highest BCUT2D eigenvalue weighted by molar-refractivity contribution is 7.18. The number of oxazole rings is 1. The Morgan fingerprint density at radius 3 is 2.61 bits per heavy atom. The zero-order valence-electron chi connectivity index (χ0n) is 17.4. The van der Waals surface area contributed by atoms with Crippen LogP contribution in [0.5, 0.6) is 0 Å². The van der Waals surface area contributed by atoms with E-state index in [2.05, 4.69) is 49.8 Å². The van der Waals surface area contributed by atoms with Crippen LogP contribution in [-0.4, -0.2) is 32.9 Å². The molecule has 0 atom stereocenters. The van der Waals surface area contributed by atoms with Crippen molar-refractivity contribution in [1.29, 1.82) is 0 Å². The first-order chi connectivity index (χ1) is 13.3. The maximum Gasteiger partial charge on any atom is 0.213 e. The first-order valence-corrected chi connectivity index (χ1v) is 10.8. The predicted molar refractivity (Wildman–Crippen MR) is 114 cm³/mol. The molecule has 0 saturated carbocycles. The molecule has 0 radical (unpaired) electrons. The summed E-state index contributed by atoms with van der Waals surface area (Å²) in [6.45, 7) is 14.3. The van der Waals surface area contributed by atoms with Crippen molar-refractivity contribution >= 4 is 27.4 Å². The van der Waals surface area contributed by atoms with E-state index < -0.39 is 0 Å². The van der Waals surface area contributed by atoms with E-state index in [-0.39, 0.29) is 5.41 Å². The summed E-state index contributed by atoms with van der Waals surface area (Å²) in [4.78, 5) is 19.0. The van der Waals surface area contributed by atoms with Gasteiger partial charge in [0.1, 0.15) is 22.2 Å². The molecule has 0 spiro atoms. The van der Waals surface area contributed by atoms with Crippen molar-refractivity contribution in [1.82, 2.24) is 19.9 Å². The van der Waals surface area contributed by atoms with E-state index in [0.717, 1.165) is 47.3 Å². The molecule has 6 nitrogen and oxygen atoms in total. The number of aromatic nitrogens is 3. The fourth-order valence-corrected chi connectivity index (χ4v) is 4.58. The molecule has 1 saturated heterocycles. The number of thiophene rings is 1. The van der Waals surface area contributed by atoms with E-state index in [9.17, 15) is 0 Å². The second-order valence-electron chi connectivity index (χ2n) is 8.66. The van der Waals surface area contributed by atoms with Crippen molar-refractivity contribution in [3.8, 4) is 0 Å². The van der Waals surface area contributed by atoms with Crippen molar-refractivity contribution < 1.29 is 4.42 Å². The predicted octanol–water partition coefficient (Wildman–Crippen LogP) is 4.80. The number of hydrogen-bond acceptors (Lipinski definition) is 7. The topological polar surface area (TPSA) is 67.1 Å². The Kier molecular flexibility index (Phi) is 5.14. The summed E-state index contributed by atoms with van der Waals surface area (Å²) in [5, 5.41) is 4.59. The van der Waals surface area contributed by atoms with Crippen molar-refractivity contribution in [3.63, 3.8) is 0 Å². The SMILES string of the molecule is Cc1sc2nc(CN3CCCC3)nc(NCc3ncc(C(C)(C)C)o3)c2c1C. The number of hydrogen-bond donors (Lipinski definition) is 1. The second kappa shape index (κ2) is 7.44. The minimum Gasteiger partial charge on any atom is -0.443 e. The molecule has 0 bridgehead atoms. The van der Waals surface area contributed by atoms with Gasteiger partial charge in [-0.05, 0) is 45.3 Å². The van der Waals surface area contributed by atoms with Gasteiger partial charge in [-0.1, -0.05) is 20.8 Å². The largest absolute Gasteiger partial charge is 0.443 e. The summed E-state index contributed by atoms with van der Waals surface area (Å²) >= 11 is 1.75. The van der Waals surface area contributed by atoms with Gasteiger partial charge in [0.05, 0.1) is 24.7 Å². The number of fused-ring (bicyclic) bond motifs is 1. The molecule has 1 aliphatic heterocycles. The molecule has 1 N–H and O–H groups in total. The minimum absolute atomic E-state index is 0.0443. The van der Waals surface area contributed by atoms with E-state index in [1.165, 1.54) is 23.3 Å². The average molecular weight is 400 g/mol. The molecule has 0 amide bonds. The fraction of sp³-hybridized carbons (Fsp3) is 0.571. The third kappa shape index (κ3) is 3.91. The summed E-state index contributed by atoms with van der Waals surface area (Å²) in [5.41, 5.74) is 1.20. The molecule has 1 fully saturated rings. The van der Waals surface area contributed by atoms with Crippen LogP contribution < -0.4 is 5.32 Å². The Balaban J connectivity index is 1.61. The summed E-state index contributed by atoms with van der Waals surface area (Å²) < 4.78 is 5.93. The second-order valence-corrected chi connectivity index (χ2v) is 9.86. The van der Waals surface area contributed by atoms with Crippen molar-refractivity contribution in [2.45, 2.75) is 66.0 Å². The zero-order chi connectivity index (χ0) is 19.9. The zero-order valence-corrected chi connectivity index (χ0v) is 18.2. The van der Waals surface area contributed by atoms with E-state index >= 15 is 0 Å². The van der Waals surface area contributed by atoms with Gasteiger partial charge in [0.2, 0.25) is 5.89 Å². The third-order valence-corrected chi connectivity index (χ3v) is 6.44. The van der Waals surface area contributed by atoms with Gasteiger partial charge in [-0.2, -0.15) is 0 Å². The summed E-state index contributed by atoms with van der Waals surface area (Å²) in [7, 11) is 0. The average Bonchev–Trinajstić information content (AvgIpc) is 3.35. The van der Waals surface area contributed by atoms with Gasteiger partial charge in [-0.3, -0.25) is 4.90 Å². The van der Waals surface area contributed by atoms with E-state index in [1.807, 2.05) is 6.20 Å². The molecule has 3 aromatic rings. The van der Waals surface area contributed by atoms with Crippen molar-refractivity contribution in [2.24, 2.45) is 0 Å². The number of likely N-dealkylation sites (tertiary alicyclic amines) is 1. The lowest BCUT2D eigenvalue weighted by atomic mass is 9.94. The number of rotatable bonds is 5. The number of nitrogens with one attached hydrogen (secondary N) is 1. The summed E-state index contributed by atoms with van der Waals surface area (Å²) in [6, 6.07) is 0. The Hall–Kier alpha value is -1.99. The van der Waals surface area contributed by atoms with Gasteiger partial charge in [0, 0.05) is 10.3 Å². The van der Waals surface area contributed by atoms with E-state index in [4.69, 9.17) is 14.4 Å². The lowest BCUT2D eigenvalue weighted by Crippen LogP contribution is -2.20. The van der Waals surface area contributed by atoms with Crippen LogP contribution in [0.25, 0.3) is 10.2 Å². The highest BCUT2D eigenvalue weighted by Gasteiger charge is 2.21. The summed E-state index contributed by atoms with van der Waals surface area (Å²) in [6.07, 6.45) is 4.36. The molecule has 4 heterocycles. The summed E-state index contributed by atoms with van der Waals surface area (Å²) in [5.74, 6) is 3.36. The molecule has 150 valence electrons. The highest BCUT2D eigenvalue weighted by atomic mass is 32.1. The molecule has 0 unspecified atom stereocenters. The fourth-order valence-electron chi connectivity index (χ4n) is 3.53. The number of anilines is 1.